The van der Waals surface area contributed by atoms with Crippen LogP contribution in [0.25, 0.3) is 0 Å². The van der Waals surface area contributed by atoms with E-state index in [1.165, 1.54) is 103 Å². The summed E-state index contributed by atoms with van der Waals surface area (Å²) in [4.78, 5) is 29.1. The first-order valence-corrected chi connectivity index (χ1v) is 24.8. The van der Waals surface area contributed by atoms with Crippen molar-refractivity contribution in [2.24, 2.45) is 32.7 Å². The largest absolute Gasteiger partial charge is 0.511 e. The van der Waals surface area contributed by atoms with E-state index in [2.05, 4.69) is 52.1 Å². The molecule has 8 nitrogen and oxygen atoms in total. The van der Waals surface area contributed by atoms with E-state index in [4.69, 9.17) is 19.7 Å². The molecule has 1 saturated heterocycles. The minimum atomic E-state index is -0.125. The number of unbranched alkanes of at least 4 members (excludes halogenated alkanes) is 14. The molecule has 0 unspecified atom stereocenters. The van der Waals surface area contributed by atoms with Crippen LogP contribution >= 0.6 is 0 Å². The van der Waals surface area contributed by atoms with Crippen LogP contribution in [-0.4, -0.2) is 46.5 Å². The average Bonchev–Trinajstić information content (AvgIpc) is 4.02. The molecule has 5 heterocycles. The minimum Gasteiger partial charge on any atom is -0.511 e. The van der Waals surface area contributed by atoms with Crippen LogP contribution in [0.1, 0.15) is 190 Å². The highest BCUT2D eigenvalue weighted by Crippen LogP contribution is 2.46. The first-order valence-electron chi connectivity index (χ1n) is 24.8. The normalized spacial score (nSPS) is 20.7. The molecule has 62 heavy (non-hydrogen) atoms. The monoisotopic (exact) mass is 847 g/mol. The van der Waals surface area contributed by atoms with Gasteiger partial charge in [0.1, 0.15) is 5.76 Å². The van der Waals surface area contributed by atoms with E-state index in [0.717, 1.165) is 104 Å². The van der Waals surface area contributed by atoms with E-state index < -0.39 is 0 Å². The smallest absolute Gasteiger partial charge is 0.305 e. The van der Waals surface area contributed by atoms with Crippen molar-refractivity contribution < 1.29 is 19.7 Å². The van der Waals surface area contributed by atoms with E-state index in [1.54, 1.807) is 0 Å². The van der Waals surface area contributed by atoms with Gasteiger partial charge in [-0.2, -0.15) is 0 Å². The molecule has 0 radical (unpaired) electrons. The van der Waals surface area contributed by atoms with Crippen LogP contribution in [0, 0.1) is 17.8 Å². The number of carbonyl (C=O) groups is 1. The number of fused-ring (bicyclic) bond motifs is 5. The number of aliphatic hydroxyl groups is 2. The Kier molecular flexibility index (Phi) is 17.6. The van der Waals surface area contributed by atoms with Gasteiger partial charge in [-0.3, -0.25) is 4.79 Å². The fourth-order valence-corrected chi connectivity index (χ4v) is 10.4. The molecule has 1 fully saturated rings. The first kappa shape index (κ1) is 47.4. The average molecular weight is 847 g/mol. The Morgan fingerprint density at radius 2 is 1.32 bits per heavy atom. The third-order valence-electron chi connectivity index (χ3n) is 14.4. The minimum absolute atomic E-state index is 0.0139. The fourth-order valence-electron chi connectivity index (χ4n) is 10.4. The van der Waals surface area contributed by atoms with Crippen molar-refractivity contribution in [1.29, 1.82) is 0 Å². The molecule has 8 heteroatoms. The highest BCUT2D eigenvalue weighted by Gasteiger charge is 2.41. The third kappa shape index (κ3) is 11.4. The van der Waals surface area contributed by atoms with Crippen LogP contribution in [0.3, 0.4) is 0 Å². The second-order valence-electron chi connectivity index (χ2n) is 18.9. The van der Waals surface area contributed by atoms with E-state index in [1.807, 2.05) is 19.9 Å². The van der Waals surface area contributed by atoms with Gasteiger partial charge in [-0.05, 0) is 92.9 Å². The van der Waals surface area contributed by atoms with Crippen LogP contribution in [0.5, 0.6) is 0 Å². The maximum atomic E-state index is 13.7. The standard InChI is InChI=1S/C54H78N4O4/c1-8-11-13-15-17-19-21-23-25-39(26-24-22-20-18-16-14-12-9-2)34-62-51(61)28-27-41-36(5)46-30-44-37(6)43(33-59)49(56-44)31-45-35(4)40(10-3)48(55-45)32-47-38(7)52-50(60)29-42(53(41)57-46)54(52)58-47/h30-32,36,39,41,57,59-60H,8-29,33-34H2,1-7H3/t36-,41-/m0/s1. The molecule has 5 aliphatic heterocycles. The Hall–Kier alpha value is -4.04. The van der Waals surface area contributed by atoms with Crippen LogP contribution in [0.4, 0.5) is 0 Å². The Balaban J connectivity index is 1.19. The van der Waals surface area contributed by atoms with Crippen molar-refractivity contribution >= 4 is 23.1 Å². The summed E-state index contributed by atoms with van der Waals surface area (Å²) >= 11 is 0. The molecule has 0 saturated carbocycles. The van der Waals surface area contributed by atoms with Gasteiger partial charge in [0.05, 0.1) is 47.4 Å². The summed E-state index contributed by atoms with van der Waals surface area (Å²) in [6.45, 7) is 15.5. The van der Waals surface area contributed by atoms with Gasteiger partial charge in [-0.15, -0.1) is 0 Å². The summed E-state index contributed by atoms with van der Waals surface area (Å²) in [6, 6.07) is 0. The fraction of sp³-hybridized carbons (Fsp3) is 0.630. The maximum absolute atomic E-state index is 13.7. The lowest BCUT2D eigenvalue weighted by atomic mass is 9.86. The number of esters is 1. The summed E-state index contributed by atoms with van der Waals surface area (Å²) in [5.41, 5.74) is 13.6. The molecule has 6 aliphatic rings. The predicted octanol–water partition coefficient (Wildman–Crippen LogP) is 13.7. The topological polar surface area (TPSA) is 116 Å². The lowest BCUT2D eigenvalue weighted by Gasteiger charge is -2.19. The van der Waals surface area contributed by atoms with Crippen molar-refractivity contribution in [2.45, 2.75) is 190 Å². The highest BCUT2D eigenvalue weighted by atomic mass is 16.5. The summed E-state index contributed by atoms with van der Waals surface area (Å²) in [6.07, 6.45) is 31.5. The van der Waals surface area contributed by atoms with Gasteiger partial charge in [0.2, 0.25) is 0 Å². The second-order valence-corrected chi connectivity index (χ2v) is 18.9. The van der Waals surface area contributed by atoms with Crippen LogP contribution in [-0.2, 0) is 9.53 Å². The molecule has 338 valence electrons. The van der Waals surface area contributed by atoms with E-state index in [0.29, 0.717) is 37.5 Å². The molecule has 0 aromatic carbocycles. The van der Waals surface area contributed by atoms with Crippen molar-refractivity contribution in [3.8, 4) is 0 Å². The number of hydrogen-bond acceptors (Lipinski definition) is 8. The Labute approximate surface area is 374 Å². The Morgan fingerprint density at radius 1 is 0.758 bits per heavy atom. The molecular formula is C54H78N4O4. The molecule has 0 amide bonds. The van der Waals surface area contributed by atoms with Gasteiger partial charge < -0.3 is 20.3 Å². The number of carbonyl (C=O) groups excluding carboxylic acids is 1. The molecule has 1 aliphatic carbocycles. The summed E-state index contributed by atoms with van der Waals surface area (Å²) in [5.74, 6) is 0.653. The number of rotatable bonds is 25. The van der Waals surface area contributed by atoms with Gasteiger partial charge in [-0.25, -0.2) is 15.0 Å². The molecule has 8 bridgehead atoms. The molecular weight excluding hydrogens is 769 g/mol. The zero-order chi connectivity index (χ0) is 44.2. The van der Waals surface area contributed by atoms with Crippen LogP contribution in [0.15, 0.2) is 106 Å². The molecule has 0 spiro atoms. The van der Waals surface area contributed by atoms with Crippen LogP contribution in [0.2, 0.25) is 0 Å². The van der Waals surface area contributed by atoms with Crippen molar-refractivity contribution in [1.82, 2.24) is 5.32 Å². The number of aliphatic hydroxyl groups excluding tert-OH is 2. The van der Waals surface area contributed by atoms with E-state index in [-0.39, 0.29) is 24.4 Å². The predicted molar refractivity (Wildman–Crippen MR) is 257 cm³/mol. The van der Waals surface area contributed by atoms with Crippen molar-refractivity contribution in [3.63, 3.8) is 0 Å². The highest BCUT2D eigenvalue weighted by molar-refractivity contribution is 6.21. The van der Waals surface area contributed by atoms with E-state index in [9.17, 15) is 15.0 Å². The zero-order valence-electron chi connectivity index (χ0n) is 39.5. The first-order chi connectivity index (χ1) is 30.1. The van der Waals surface area contributed by atoms with Gasteiger partial charge >= 0.3 is 5.97 Å². The molecule has 0 aromatic rings. The quantitative estimate of drug-likeness (QED) is 0.0625. The van der Waals surface area contributed by atoms with Crippen molar-refractivity contribution in [2.75, 3.05) is 13.2 Å². The number of allylic oxidation sites excluding steroid dienone is 11. The van der Waals surface area contributed by atoms with Gasteiger partial charge in [0.15, 0.2) is 0 Å². The number of nitrogens with zero attached hydrogens (tertiary/aromatic N) is 3. The Bertz CT molecular complexity index is 2010. The number of hydrogen-bond donors (Lipinski definition) is 3. The van der Waals surface area contributed by atoms with Gasteiger partial charge in [-0.1, -0.05) is 130 Å². The zero-order valence-corrected chi connectivity index (χ0v) is 39.5. The maximum Gasteiger partial charge on any atom is 0.305 e. The van der Waals surface area contributed by atoms with E-state index >= 15 is 0 Å². The van der Waals surface area contributed by atoms with Gasteiger partial charge in [0.25, 0.3) is 0 Å². The second kappa shape index (κ2) is 23.1. The third-order valence-corrected chi connectivity index (χ3v) is 14.4. The number of aliphatic imine (C=N–C) groups is 3. The summed E-state index contributed by atoms with van der Waals surface area (Å²) < 4.78 is 6.15. The summed E-state index contributed by atoms with van der Waals surface area (Å²) in [7, 11) is 0. The SMILES string of the molecule is CCCCCCCCCCC(CCCCCCCCCC)COC(=O)CC[C@@H]1C2=C3CC(O)=C4C3=NC(=C4C)C=C3N=C(C=C4N=C(C=C(N2)[C@H]1C)C(C)=C4CO)C(C)=C3CC. The molecule has 3 N–H and O–H groups in total. The molecule has 0 aromatic heterocycles. The van der Waals surface area contributed by atoms with Gasteiger partial charge in [0, 0.05) is 52.8 Å². The Morgan fingerprint density at radius 3 is 1.92 bits per heavy atom. The summed E-state index contributed by atoms with van der Waals surface area (Å²) in [5, 5.41) is 25.9. The molecule has 6 rings (SSSR count). The molecule has 2 atom stereocenters. The van der Waals surface area contributed by atoms with Crippen molar-refractivity contribution in [3.05, 3.63) is 91.5 Å². The lowest BCUT2D eigenvalue weighted by Crippen LogP contribution is -2.18. The lowest BCUT2D eigenvalue weighted by molar-refractivity contribution is -0.145. The number of ether oxygens (including phenoxy) is 1. The van der Waals surface area contributed by atoms with Crippen LogP contribution < -0.4 is 5.32 Å². The number of nitrogens with one attached hydrogen (secondary N) is 1.